The number of benzene rings is 1. The first-order valence-corrected chi connectivity index (χ1v) is 6.75. The SMILES string of the molecule is CCCC(C)(NCc1cc(Cl)cc(OC)c1O)C(=O)O. The Morgan fingerprint density at radius 1 is 1.50 bits per heavy atom. The summed E-state index contributed by atoms with van der Waals surface area (Å²) >= 11 is 5.94. The Kier molecular flexibility index (Phi) is 5.65. The van der Waals surface area contributed by atoms with E-state index in [-0.39, 0.29) is 18.0 Å². The summed E-state index contributed by atoms with van der Waals surface area (Å²) in [5.74, 6) is -0.691. The molecule has 5 nitrogen and oxygen atoms in total. The molecule has 1 rings (SSSR count). The molecule has 1 unspecified atom stereocenters. The van der Waals surface area contributed by atoms with Gasteiger partial charge in [-0.3, -0.25) is 10.1 Å². The van der Waals surface area contributed by atoms with Gasteiger partial charge in [0.2, 0.25) is 0 Å². The highest BCUT2D eigenvalue weighted by atomic mass is 35.5. The maximum absolute atomic E-state index is 11.3. The van der Waals surface area contributed by atoms with Gasteiger partial charge in [0.15, 0.2) is 11.5 Å². The Bertz CT molecular complexity index is 492. The van der Waals surface area contributed by atoms with E-state index in [1.165, 1.54) is 13.2 Å². The summed E-state index contributed by atoms with van der Waals surface area (Å²) in [7, 11) is 1.43. The third kappa shape index (κ3) is 3.77. The maximum atomic E-state index is 11.3. The molecule has 1 aromatic rings. The van der Waals surface area contributed by atoms with Crippen molar-refractivity contribution < 1.29 is 19.7 Å². The molecule has 0 aromatic heterocycles. The lowest BCUT2D eigenvalue weighted by molar-refractivity contribution is -0.144. The zero-order chi connectivity index (χ0) is 15.3. The highest BCUT2D eigenvalue weighted by molar-refractivity contribution is 6.30. The fraction of sp³-hybridized carbons (Fsp3) is 0.500. The van der Waals surface area contributed by atoms with Crippen LogP contribution < -0.4 is 10.1 Å². The van der Waals surface area contributed by atoms with E-state index in [0.29, 0.717) is 17.0 Å². The molecule has 0 aliphatic heterocycles. The number of phenols is 1. The lowest BCUT2D eigenvalue weighted by atomic mass is 9.96. The van der Waals surface area contributed by atoms with Crippen molar-refractivity contribution in [2.24, 2.45) is 0 Å². The highest BCUT2D eigenvalue weighted by Gasteiger charge is 2.31. The van der Waals surface area contributed by atoms with Crippen molar-refractivity contribution in [3.8, 4) is 11.5 Å². The van der Waals surface area contributed by atoms with Crippen molar-refractivity contribution in [2.75, 3.05) is 7.11 Å². The number of methoxy groups -OCH3 is 1. The Labute approximate surface area is 123 Å². The fourth-order valence-electron chi connectivity index (χ4n) is 1.98. The van der Waals surface area contributed by atoms with Crippen LogP contribution in [0.5, 0.6) is 11.5 Å². The van der Waals surface area contributed by atoms with Crippen molar-refractivity contribution >= 4 is 17.6 Å². The highest BCUT2D eigenvalue weighted by Crippen LogP contribution is 2.33. The van der Waals surface area contributed by atoms with Crippen LogP contribution in [-0.2, 0) is 11.3 Å². The zero-order valence-electron chi connectivity index (χ0n) is 11.9. The van der Waals surface area contributed by atoms with Gasteiger partial charge in [0.1, 0.15) is 5.54 Å². The number of aliphatic carboxylic acids is 1. The molecule has 112 valence electrons. The van der Waals surface area contributed by atoms with Crippen LogP contribution in [0.4, 0.5) is 0 Å². The zero-order valence-corrected chi connectivity index (χ0v) is 12.6. The maximum Gasteiger partial charge on any atom is 0.323 e. The monoisotopic (exact) mass is 301 g/mol. The number of nitrogens with one attached hydrogen (secondary N) is 1. The van der Waals surface area contributed by atoms with Gasteiger partial charge in [0.25, 0.3) is 0 Å². The largest absolute Gasteiger partial charge is 0.504 e. The van der Waals surface area contributed by atoms with Crippen molar-refractivity contribution in [3.63, 3.8) is 0 Å². The van der Waals surface area contributed by atoms with Gasteiger partial charge in [-0.15, -0.1) is 0 Å². The molecule has 0 radical (unpaired) electrons. The summed E-state index contributed by atoms with van der Waals surface area (Å²) in [6.45, 7) is 3.73. The molecule has 20 heavy (non-hydrogen) atoms. The van der Waals surface area contributed by atoms with Crippen LogP contribution in [0.2, 0.25) is 5.02 Å². The summed E-state index contributed by atoms with van der Waals surface area (Å²) in [5, 5.41) is 22.7. The van der Waals surface area contributed by atoms with Crippen molar-refractivity contribution in [3.05, 3.63) is 22.7 Å². The molecule has 1 aromatic carbocycles. The molecule has 6 heteroatoms. The molecule has 0 spiro atoms. The molecule has 0 aliphatic rings. The topological polar surface area (TPSA) is 78.8 Å². The first-order valence-electron chi connectivity index (χ1n) is 6.38. The second kappa shape index (κ2) is 6.81. The average molecular weight is 302 g/mol. The predicted molar refractivity (Wildman–Crippen MR) is 77.5 cm³/mol. The number of hydrogen-bond donors (Lipinski definition) is 3. The quantitative estimate of drug-likeness (QED) is 0.722. The molecule has 0 saturated heterocycles. The number of aromatic hydroxyl groups is 1. The van der Waals surface area contributed by atoms with E-state index in [4.69, 9.17) is 16.3 Å². The minimum atomic E-state index is -1.04. The van der Waals surface area contributed by atoms with Gasteiger partial charge >= 0.3 is 5.97 Å². The van der Waals surface area contributed by atoms with E-state index >= 15 is 0 Å². The van der Waals surface area contributed by atoms with Gasteiger partial charge in [-0.1, -0.05) is 24.9 Å². The number of phenolic OH excluding ortho intramolecular Hbond substituents is 1. The standard InChI is InChI=1S/C14H20ClNO4/c1-4-5-14(2,13(18)19)16-8-9-6-10(15)7-11(20-3)12(9)17/h6-7,16-17H,4-5,8H2,1-3H3,(H,18,19). The van der Waals surface area contributed by atoms with Crippen LogP contribution in [0.3, 0.4) is 0 Å². The molecule has 1 atom stereocenters. The number of rotatable bonds is 7. The number of halogens is 1. The number of ether oxygens (including phenoxy) is 1. The third-order valence-electron chi connectivity index (χ3n) is 3.23. The summed E-state index contributed by atoms with van der Waals surface area (Å²) < 4.78 is 5.01. The fourth-order valence-corrected chi connectivity index (χ4v) is 2.21. The van der Waals surface area contributed by atoms with Crippen molar-refractivity contribution in [1.29, 1.82) is 0 Å². The second-order valence-electron chi connectivity index (χ2n) is 4.86. The molecule has 0 heterocycles. The number of hydrogen-bond acceptors (Lipinski definition) is 4. The van der Waals surface area contributed by atoms with E-state index in [9.17, 15) is 15.0 Å². The van der Waals surface area contributed by atoms with E-state index < -0.39 is 11.5 Å². The Hall–Kier alpha value is -1.46. The first-order chi connectivity index (χ1) is 9.34. The Morgan fingerprint density at radius 3 is 2.65 bits per heavy atom. The molecular weight excluding hydrogens is 282 g/mol. The van der Waals surface area contributed by atoms with Crippen LogP contribution in [0.15, 0.2) is 12.1 Å². The molecular formula is C14H20ClNO4. The summed E-state index contributed by atoms with van der Waals surface area (Å²) in [4.78, 5) is 11.3. The molecule has 0 bridgehead atoms. The van der Waals surface area contributed by atoms with Gasteiger partial charge in [-0.05, 0) is 19.4 Å². The molecule has 0 saturated carbocycles. The Balaban J connectivity index is 2.94. The van der Waals surface area contributed by atoms with Gasteiger partial charge in [-0.2, -0.15) is 0 Å². The number of carbonyl (C=O) groups is 1. The van der Waals surface area contributed by atoms with Crippen LogP contribution in [0.25, 0.3) is 0 Å². The summed E-state index contributed by atoms with van der Waals surface area (Å²) in [5.41, 5.74) is -0.547. The van der Waals surface area contributed by atoms with E-state index in [1.54, 1.807) is 13.0 Å². The molecule has 0 aliphatic carbocycles. The third-order valence-corrected chi connectivity index (χ3v) is 3.45. The first kappa shape index (κ1) is 16.6. The smallest absolute Gasteiger partial charge is 0.323 e. The van der Waals surface area contributed by atoms with Crippen molar-refractivity contribution in [1.82, 2.24) is 5.32 Å². The van der Waals surface area contributed by atoms with Gasteiger partial charge in [-0.25, -0.2) is 0 Å². The summed E-state index contributed by atoms with van der Waals surface area (Å²) in [6, 6.07) is 3.09. The van der Waals surface area contributed by atoms with Crippen LogP contribution in [-0.4, -0.2) is 28.8 Å². The predicted octanol–water partition coefficient (Wildman–Crippen LogP) is 2.79. The minimum Gasteiger partial charge on any atom is -0.504 e. The lowest BCUT2D eigenvalue weighted by Gasteiger charge is -2.26. The van der Waals surface area contributed by atoms with E-state index in [1.807, 2.05) is 6.92 Å². The lowest BCUT2D eigenvalue weighted by Crippen LogP contribution is -2.48. The van der Waals surface area contributed by atoms with Gasteiger partial charge in [0, 0.05) is 23.2 Å². The number of carboxylic acid groups (broad SMARTS) is 1. The molecule has 3 N–H and O–H groups in total. The molecule has 0 fully saturated rings. The second-order valence-corrected chi connectivity index (χ2v) is 5.29. The number of carboxylic acids is 1. The van der Waals surface area contributed by atoms with Gasteiger partial charge in [0.05, 0.1) is 7.11 Å². The Morgan fingerprint density at radius 2 is 2.15 bits per heavy atom. The average Bonchev–Trinajstić information content (AvgIpc) is 2.39. The van der Waals surface area contributed by atoms with E-state index in [0.717, 1.165) is 6.42 Å². The van der Waals surface area contributed by atoms with Gasteiger partial charge < -0.3 is 14.9 Å². The summed E-state index contributed by atoms with van der Waals surface area (Å²) in [6.07, 6.45) is 1.22. The molecule has 0 amide bonds. The van der Waals surface area contributed by atoms with Crippen LogP contribution in [0.1, 0.15) is 32.3 Å². The van der Waals surface area contributed by atoms with Crippen LogP contribution in [0, 0.1) is 0 Å². The van der Waals surface area contributed by atoms with E-state index in [2.05, 4.69) is 5.32 Å². The normalized spacial score (nSPS) is 13.8. The minimum absolute atomic E-state index is 0.0337. The van der Waals surface area contributed by atoms with Crippen LogP contribution >= 0.6 is 11.6 Å². The van der Waals surface area contributed by atoms with Crippen molar-refractivity contribution in [2.45, 2.75) is 38.8 Å².